The highest BCUT2D eigenvalue weighted by atomic mass is 16.2. The zero-order valence-corrected chi connectivity index (χ0v) is 14.9. The van der Waals surface area contributed by atoms with Crippen LogP contribution in [0.3, 0.4) is 0 Å². The molecule has 0 saturated heterocycles. The molecule has 2 aliphatic rings. The second-order valence-corrected chi connectivity index (χ2v) is 6.96. The first-order chi connectivity index (χ1) is 12.2. The molecule has 1 aliphatic carbocycles. The largest absolute Gasteiger partial charge is 0.360 e. The Balaban J connectivity index is 1.73. The highest BCUT2D eigenvalue weighted by Crippen LogP contribution is 2.34. The first-order valence-corrected chi connectivity index (χ1v) is 9.12. The normalized spacial score (nSPS) is 16.5. The van der Waals surface area contributed by atoms with Gasteiger partial charge in [-0.25, -0.2) is 9.97 Å². The van der Waals surface area contributed by atoms with Crippen molar-refractivity contribution in [2.24, 2.45) is 5.92 Å². The van der Waals surface area contributed by atoms with Crippen molar-refractivity contribution in [3.8, 4) is 11.4 Å². The zero-order valence-electron chi connectivity index (χ0n) is 14.9. The van der Waals surface area contributed by atoms with Crippen molar-refractivity contribution in [1.82, 2.24) is 14.9 Å². The third-order valence-electron chi connectivity index (χ3n) is 5.14. The fourth-order valence-corrected chi connectivity index (χ4v) is 3.36. The summed E-state index contributed by atoms with van der Waals surface area (Å²) in [4.78, 5) is 26.3. The monoisotopic (exact) mass is 336 g/mol. The number of hydrogen-bond donors (Lipinski definition) is 0. The maximum atomic E-state index is 12.5. The number of benzene rings is 1. The van der Waals surface area contributed by atoms with Crippen molar-refractivity contribution < 1.29 is 4.79 Å². The van der Waals surface area contributed by atoms with E-state index in [-0.39, 0.29) is 5.92 Å². The second kappa shape index (κ2) is 6.47. The lowest BCUT2D eigenvalue weighted by molar-refractivity contribution is -0.133. The van der Waals surface area contributed by atoms with Crippen LogP contribution < -0.4 is 4.90 Å². The van der Waals surface area contributed by atoms with E-state index in [0.29, 0.717) is 12.5 Å². The van der Waals surface area contributed by atoms with Gasteiger partial charge in [-0.2, -0.15) is 0 Å². The van der Waals surface area contributed by atoms with Gasteiger partial charge >= 0.3 is 0 Å². The summed E-state index contributed by atoms with van der Waals surface area (Å²) in [6.07, 6.45) is 2.90. The number of fused-ring (bicyclic) bond motifs is 1. The van der Waals surface area contributed by atoms with E-state index in [9.17, 15) is 4.79 Å². The van der Waals surface area contributed by atoms with Crippen molar-refractivity contribution in [3.63, 3.8) is 0 Å². The number of carbonyl (C=O) groups excluding carboxylic acids is 1. The van der Waals surface area contributed by atoms with Gasteiger partial charge in [0.05, 0.1) is 12.2 Å². The van der Waals surface area contributed by atoms with Gasteiger partial charge in [-0.05, 0) is 19.8 Å². The van der Waals surface area contributed by atoms with Gasteiger partial charge in [0.2, 0.25) is 5.91 Å². The molecule has 1 fully saturated rings. The summed E-state index contributed by atoms with van der Waals surface area (Å²) in [5, 5.41) is 0. The Hall–Kier alpha value is -2.43. The predicted octanol–water partition coefficient (Wildman–Crippen LogP) is 2.89. The van der Waals surface area contributed by atoms with E-state index >= 15 is 0 Å². The number of hydrogen-bond acceptors (Lipinski definition) is 4. The van der Waals surface area contributed by atoms with Crippen molar-refractivity contribution in [2.45, 2.75) is 32.7 Å². The van der Waals surface area contributed by atoms with Crippen molar-refractivity contribution in [3.05, 3.63) is 41.6 Å². The van der Waals surface area contributed by atoms with Crippen LogP contribution in [0.4, 0.5) is 5.82 Å². The first-order valence-electron chi connectivity index (χ1n) is 9.12. The molecule has 5 nitrogen and oxygen atoms in total. The average Bonchev–Trinajstić information content (AvgIpc) is 3.51. The Morgan fingerprint density at radius 1 is 1.24 bits per heavy atom. The number of aromatic nitrogens is 2. The molecule has 4 rings (SSSR count). The van der Waals surface area contributed by atoms with Crippen LogP contribution >= 0.6 is 0 Å². The van der Waals surface area contributed by atoms with Crippen LogP contribution in [0.5, 0.6) is 0 Å². The van der Waals surface area contributed by atoms with Gasteiger partial charge in [-0.3, -0.25) is 4.79 Å². The van der Waals surface area contributed by atoms with Crippen LogP contribution in [0.1, 0.15) is 31.0 Å². The van der Waals surface area contributed by atoms with Crippen molar-refractivity contribution in [1.29, 1.82) is 0 Å². The van der Waals surface area contributed by atoms with E-state index in [1.807, 2.05) is 35.2 Å². The average molecular weight is 336 g/mol. The minimum absolute atomic E-state index is 0.262. The van der Waals surface area contributed by atoms with E-state index in [0.717, 1.165) is 60.8 Å². The number of nitrogens with zero attached hydrogens (tertiary/aromatic N) is 4. The lowest BCUT2D eigenvalue weighted by Crippen LogP contribution is -2.38. The maximum Gasteiger partial charge on any atom is 0.225 e. The van der Waals surface area contributed by atoms with Gasteiger partial charge < -0.3 is 9.80 Å². The molecule has 0 bridgehead atoms. The van der Waals surface area contributed by atoms with E-state index in [1.54, 1.807) is 0 Å². The molecule has 1 aromatic heterocycles. The first kappa shape index (κ1) is 16.1. The molecule has 1 aliphatic heterocycles. The van der Waals surface area contributed by atoms with Gasteiger partial charge in [-0.1, -0.05) is 30.3 Å². The molecule has 1 amide bonds. The Morgan fingerprint density at radius 3 is 2.68 bits per heavy atom. The molecule has 130 valence electrons. The molecular formula is C20H24N4O. The molecule has 2 heterocycles. The Labute approximate surface area is 148 Å². The van der Waals surface area contributed by atoms with Crippen LogP contribution in [0.25, 0.3) is 11.4 Å². The maximum absolute atomic E-state index is 12.5. The summed E-state index contributed by atoms with van der Waals surface area (Å²) in [7, 11) is 2.05. The minimum Gasteiger partial charge on any atom is -0.360 e. The second-order valence-electron chi connectivity index (χ2n) is 6.96. The Kier molecular flexibility index (Phi) is 4.15. The van der Waals surface area contributed by atoms with E-state index in [4.69, 9.17) is 9.97 Å². The third-order valence-corrected chi connectivity index (χ3v) is 5.14. The highest BCUT2D eigenvalue weighted by molar-refractivity contribution is 5.81. The zero-order chi connectivity index (χ0) is 17.4. The molecule has 0 atom stereocenters. The minimum atomic E-state index is 0.262. The molecule has 1 aromatic carbocycles. The fraction of sp³-hybridized carbons (Fsp3) is 0.450. The smallest absolute Gasteiger partial charge is 0.225 e. The lowest BCUT2D eigenvalue weighted by Gasteiger charge is -2.31. The molecule has 0 spiro atoms. The number of anilines is 1. The summed E-state index contributed by atoms with van der Waals surface area (Å²) in [5.74, 6) is 2.30. The third kappa shape index (κ3) is 3.11. The van der Waals surface area contributed by atoms with Crippen LogP contribution in [0, 0.1) is 5.92 Å². The molecule has 0 unspecified atom stereocenters. The topological polar surface area (TPSA) is 49.3 Å². The molecule has 25 heavy (non-hydrogen) atoms. The predicted molar refractivity (Wildman–Crippen MR) is 98.3 cm³/mol. The molecular weight excluding hydrogens is 312 g/mol. The molecule has 0 N–H and O–H groups in total. The van der Waals surface area contributed by atoms with Gasteiger partial charge in [-0.15, -0.1) is 0 Å². The lowest BCUT2D eigenvalue weighted by atomic mass is 10.0. The van der Waals surface area contributed by atoms with Crippen LogP contribution in [-0.2, 0) is 17.8 Å². The SMILES string of the molecule is CCN(C)c1nc(-c2ccccc2)nc2c1CN(C(=O)C1CC1)CC2. The number of amides is 1. The quantitative estimate of drug-likeness (QED) is 0.861. The van der Waals surface area contributed by atoms with Crippen molar-refractivity contribution >= 4 is 11.7 Å². The highest BCUT2D eigenvalue weighted by Gasteiger charge is 2.35. The summed E-state index contributed by atoms with van der Waals surface area (Å²) in [6.45, 7) is 4.39. The van der Waals surface area contributed by atoms with Crippen LogP contribution in [-0.4, -0.2) is 40.9 Å². The standard InChI is InChI=1S/C20H24N4O/c1-3-23(2)19-16-13-24(20(25)15-9-10-15)12-11-17(16)21-18(22-19)14-7-5-4-6-8-14/h4-8,15H,3,9-13H2,1-2H3. The Morgan fingerprint density at radius 2 is 2.00 bits per heavy atom. The van der Waals surface area contributed by atoms with Crippen LogP contribution in [0.15, 0.2) is 30.3 Å². The van der Waals surface area contributed by atoms with Gasteiger partial charge in [0, 0.05) is 43.6 Å². The van der Waals surface area contributed by atoms with Crippen LogP contribution in [0.2, 0.25) is 0 Å². The Bertz CT molecular complexity index is 786. The summed E-state index contributed by atoms with van der Waals surface area (Å²) in [5.41, 5.74) is 3.24. The fourth-order valence-electron chi connectivity index (χ4n) is 3.36. The molecule has 2 aromatic rings. The van der Waals surface area contributed by atoms with E-state index in [1.165, 1.54) is 0 Å². The molecule has 5 heteroatoms. The number of carbonyl (C=O) groups is 1. The summed E-state index contributed by atoms with van der Waals surface area (Å²) < 4.78 is 0. The van der Waals surface area contributed by atoms with Gasteiger partial charge in [0.25, 0.3) is 0 Å². The summed E-state index contributed by atoms with van der Waals surface area (Å²) in [6, 6.07) is 10.1. The molecule has 1 saturated carbocycles. The molecule has 0 radical (unpaired) electrons. The van der Waals surface area contributed by atoms with Gasteiger partial charge in [0.1, 0.15) is 5.82 Å². The van der Waals surface area contributed by atoms with Gasteiger partial charge in [0.15, 0.2) is 5.82 Å². The van der Waals surface area contributed by atoms with E-state index < -0.39 is 0 Å². The van der Waals surface area contributed by atoms with E-state index in [2.05, 4.69) is 18.9 Å². The number of rotatable bonds is 4. The van der Waals surface area contributed by atoms with Crippen molar-refractivity contribution in [2.75, 3.05) is 25.0 Å². The summed E-state index contributed by atoms with van der Waals surface area (Å²) >= 11 is 0.